The molecule has 0 spiro atoms. The molecule has 0 saturated carbocycles. The van der Waals surface area contributed by atoms with Crippen LogP contribution in [0.5, 0.6) is 5.75 Å². The van der Waals surface area contributed by atoms with Gasteiger partial charge < -0.3 is 19.5 Å². The largest absolute Gasteiger partial charge is 0.507 e. The first kappa shape index (κ1) is 26.5. The van der Waals surface area contributed by atoms with Gasteiger partial charge in [0.2, 0.25) is 0 Å². The van der Waals surface area contributed by atoms with Crippen molar-refractivity contribution in [2.45, 2.75) is 58.4 Å². The zero-order chi connectivity index (χ0) is 25.9. The predicted molar refractivity (Wildman–Crippen MR) is 138 cm³/mol. The van der Waals surface area contributed by atoms with Gasteiger partial charge in [-0.1, -0.05) is 58.9 Å². The van der Waals surface area contributed by atoms with E-state index in [1.165, 1.54) is 0 Å². The van der Waals surface area contributed by atoms with Crippen LogP contribution in [0.15, 0.2) is 48.0 Å². The molecule has 0 aromatic heterocycles. The lowest BCUT2D eigenvalue weighted by molar-refractivity contribution is -0.140. The number of amides is 1. The number of benzene rings is 2. The van der Waals surface area contributed by atoms with E-state index >= 15 is 0 Å². The van der Waals surface area contributed by atoms with Gasteiger partial charge in [0.05, 0.1) is 18.7 Å². The van der Waals surface area contributed by atoms with E-state index in [4.69, 9.17) is 9.47 Å². The molecule has 1 unspecified atom stereocenters. The third kappa shape index (κ3) is 5.43. The minimum atomic E-state index is -0.675. The molecule has 1 N–H and O–H groups in total. The average molecular weight is 480 g/mol. The molecular weight excluding hydrogens is 442 g/mol. The van der Waals surface area contributed by atoms with Crippen LogP contribution in [0.4, 0.5) is 0 Å². The summed E-state index contributed by atoms with van der Waals surface area (Å²) in [5.74, 6) is -0.401. The number of likely N-dealkylation sites (tertiary alicyclic amines) is 1. The van der Waals surface area contributed by atoms with Crippen molar-refractivity contribution < 1.29 is 24.2 Å². The van der Waals surface area contributed by atoms with E-state index in [2.05, 4.69) is 34.6 Å². The van der Waals surface area contributed by atoms with Crippen molar-refractivity contribution in [1.29, 1.82) is 0 Å². The van der Waals surface area contributed by atoms with Crippen molar-refractivity contribution in [3.63, 3.8) is 0 Å². The standard InChI is InChI=1S/C29H37NO5/c1-18(2)19-9-11-20(12-10-19)25-24(27(32)28(33)30(25)15-8-16-34-6)26(31)21-13-14-23(35-7)22(17-21)29(3,4)5/h9-14,17-18,25,31H,8,15-16H2,1-7H3/b26-24-. The fraction of sp³-hybridized carbons (Fsp3) is 0.448. The molecule has 0 aliphatic carbocycles. The topological polar surface area (TPSA) is 76.1 Å². The third-order valence-electron chi connectivity index (χ3n) is 6.49. The maximum absolute atomic E-state index is 13.3. The smallest absolute Gasteiger partial charge is 0.295 e. The highest BCUT2D eigenvalue weighted by Crippen LogP contribution is 2.41. The fourth-order valence-corrected chi connectivity index (χ4v) is 4.50. The summed E-state index contributed by atoms with van der Waals surface area (Å²) in [6, 6.07) is 12.6. The molecule has 6 nitrogen and oxygen atoms in total. The van der Waals surface area contributed by atoms with E-state index in [0.717, 1.165) is 16.7 Å². The molecule has 1 saturated heterocycles. The average Bonchev–Trinajstić information content (AvgIpc) is 3.07. The van der Waals surface area contributed by atoms with Crippen LogP contribution in [-0.2, 0) is 19.7 Å². The van der Waals surface area contributed by atoms with Gasteiger partial charge in [0.1, 0.15) is 11.5 Å². The molecule has 188 valence electrons. The Balaban J connectivity index is 2.17. The normalized spacial score (nSPS) is 17.9. The summed E-state index contributed by atoms with van der Waals surface area (Å²) >= 11 is 0. The maximum Gasteiger partial charge on any atom is 0.295 e. The molecule has 3 rings (SSSR count). The van der Waals surface area contributed by atoms with Crippen molar-refractivity contribution in [3.8, 4) is 5.75 Å². The number of ketones is 1. The second-order valence-corrected chi connectivity index (χ2v) is 10.3. The van der Waals surface area contributed by atoms with Crippen LogP contribution in [-0.4, -0.2) is 49.1 Å². The molecule has 1 heterocycles. The molecule has 2 aromatic carbocycles. The van der Waals surface area contributed by atoms with Gasteiger partial charge in [0.25, 0.3) is 11.7 Å². The van der Waals surface area contributed by atoms with Crippen LogP contribution in [0.3, 0.4) is 0 Å². The second-order valence-electron chi connectivity index (χ2n) is 10.3. The van der Waals surface area contributed by atoms with Crippen LogP contribution in [0.1, 0.15) is 75.3 Å². The number of aliphatic hydroxyl groups is 1. The molecule has 1 fully saturated rings. The van der Waals surface area contributed by atoms with Gasteiger partial charge in [0, 0.05) is 31.4 Å². The van der Waals surface area contributed by atoms with E-state index < -0.39 is 17.7 Å². The number of hydrogen-bond donors (Lipinski definition) is 1. The first-order chi connectivity index (χ1) is 16.5. The van der Waals surface area contributed by atoms with E-state index in [1.54, 1.807) is 31.3 Å². The van der Waals surface area contributed by atoms with Gasteiger partial charge in [-0.2, -0.15) is 0 Å². The van der Waals surface area contributed by atoms with Gasteiger partial charge in [-0.3, -0.25) is 9.59 Å². The molecule has 35 heavy (non-hydrogen) atoms. The summed E-state index contributed by atoms with van der Waals surface area (Å²) in [4.78, 5) is 27.9. The highest BCUT2D eigenvalue weighted by atomic mass is 16.5. The van der Waals surface area contributed by atoms with E-state index in [-0.39, 0.29) is 16.7 Å². The van der Waals surface area contributed by atoms with Crippen molar-refractivity contribution in [1.82, 2.24) is 4.90 Å². The molecule has 1 aliphatic heterocycles. The van der Waals surface area contributed by atoms with Crippen LogP contribution in [0.25, 0.3) is 5.76 Å². The van der Waals surface area contributed by atoms with Crippen molar-refractivity contribution >= 4 is 17.4 Å². The molecule has 0 radical (unpaired) electrons. The number of carbonyl (C=O) groups excluding carboxylic acids is 2. The Morgan fingerprint density at radius 1 is 1.06 bits per heavy atom. The van der Waals surface area contributed by atoms with Gasteiger partial charge >= 0.3 is 0 Å². The molecular formula is C29H37NO5. The first-order valence-electron chi connectivity index (χ1n) is 12.1. The molecule has 6 heteroatoms. The lowest BCUT2D eigenvalue weighted by atomic mass is 9.84. The first-order valence-corrected chi connectivity index (χ1v) is 12.1. The van der Waals surface area contributed by atoms with Crippen LogP contribution in [0.2, 0.25) is 0 Å². The van der Waals surface area contributed by atoms with E-state index in [9.17, 15) is 14.7 Å². The van der Waals surface area contributed by atoms with Crippen LogP contribution >= 0.6 is 0 Å². The van der Waals surface area contributed by atoms with Crippen LogP contribution < -0.4 is 4.74 Å². The van der Waals surface area contributed by atoms with Crippen LogP contribution in [0, 0.1) is 0 Å². The molecule has 2 aromatic rings. The molecule has 1 atom stereocenters. The Labute approximate surface area is 208 Å². The van der Waals surface area contributed by atoms with Gasteiger partial charge in [-0.15, -0.1) is 0 Å². The Morgan fingerprint density at radius 3 is 2.26 bits per heavy atom. The fourth-order valence-electron chi connectivity index (χ4n) is 4.50. The van der Waals surface area contributed by atoms with Gasteiger partial charge in [-0.25, -0.2) is 0 Å². The molecule has 1 aliphatic rings. The number of Topliss-reactive ketones (excluding diaryl/α,β-unsaturated/α-hetero) is 1. The lowest BCUT2D eigenvalue weighted by Gasteiger charge is -2.26. The minimum Gasteiger partial charge on any atom is -0.507 e. The molecule has 1 amide bonds. The second kappa shape index (κ2) is 10.6. The number of nitrogens with zero attached hydrogens (tertiary/aromatic N) is 1. The summed E-state index contributed by atoms with van der Waals surface area (Å²) < 4.78 is 10.7. The van der Waals surface area contributed by atoms with E-state index in [1.807, 2.05) is 30.3 Å². The monoisotopic (exact) mass is 479 g/mol. The van der Waals surface area contributed by atoms with Crippen molar-refractivity contribution in [2.24, 2.45) is 0 Å². The number of methoxy groups -OCH3 is 2. The highest BCUT2D eigenvalue weighted by molar-refractivity contribution is 6.46. The third-order valence-corrected chi connectivity index (χ3v) is 6.49. The zero-order valence-electron chi connectivity index (χ0n) is 21.8. The lowest BCUT2D eigenvalue weighted by Crippen LogP contribution is -2.31. The summed E-state index contributed by atoms with van der Waals surface area (Å²) in [5.41, 5.74) is 3.19. The zero-order valence-corrected chi connectivity index (χ0v) is 21.8. The van der Waals surface area contributed by atoms with Crippen molar-refractivity contribution in [2.75, 3.05) is 27.4 Å². The Hall–Kier alpha value is -3.12. The SMILES string of the molecule is COCCCN1C(=O)C(=O)/C(=C(\O)c2ccc(OC)c(C(C)(C)C)c2)C1c1ccc(C(C)C)cc1. The number of carbonyl (C=O) groups is 2. The Morgan fingerprint density at radius 2 is 1.71 bits per heavy atom. The Kier molecular flexibility index (Phi) is 8.06. The van der Waals surface area contributed by atoms with Gasteiger partial charge in [-0.05, 0) is 47.1 Å². The molecule has 0 bridgehead atoms. The quantitative estimate of drug-likeness (QED) is 0.232. The minimum absolute atomic E-state index is 0.106. The van der Waals surface area contributed by atoms with Gasteiger partial charge in [0.15, 0.2) is 0 Å². The van der Waals surface area contributed by atoms with E-state index in [0.29, 0.717) is 36.8 Å². The van der Waals surface area contributed by atoms with Crippen molar-refractivity contribution in [3.05, 3.63) is 70.3 Å². The predicted octanol–water partition coefficient (Wildman–Crippen LogP) is 5.57. The maximum atomic E-state index is 13.3. The Bertz CT molecular complexity index is 1110. The summed E-state index contributed by atoms with van der Waals surface area (Å²) in [6.45, 7) is 11.2. The number of rotatable bonds is 8. The number of hydrogen-bond acceptors (Lipinski definition) is 5. The number of ether oxygens (including phenoxy) is 2. The summed E-state index contributed by atoms with van der Waals surface area (Å²) in [7, 11) is 3.21. The number of aliphatic hydroxyl groups excluding tert-OH is 1. The highest BCUT2D eigenvalue weighted by Gasteiger charge is 2.45. The summed E-state index contributed by atoms with van der Waals surface area (Å²) in [6.07, 6.45) is 0.584. The summed E-state index contributed by atoms with van der Waals surface area (Å²) in [5, 5.41) is 11.4.